The standard InChI is InChI=1S/C23H21ClN4O2/c1-14-18(5-3-11-27-14)23(30)28(21(22(25)29)16-4-2-10-26-13-16)20-9-6-15-12-17(24)7-8-19(15)20/h2-5,7-8,10-13,20-21H,6,9H2,1H3,(H2,25,29)/t20-,21-/m1/s1. The van der Waals surface area contributed by atoms with Crippen molar-refractivity contribution in [2.75, 3.05) is 0 Å². The van der Waals surface area contributed by atoms with Gasteiger partial charge in [0.2, 0.25) is 5.91 Å². The molecule has 1 aliphatic carbocycles. The normalized spacial score (nSPS) is 16.0. The highest BCUT2D eigenvalue weighted by Gasteiger charge is 2.40. The SMILES string of the molecule is Cc1ncccc1C(=O)N([C@@H]1CCc2cc(Cl)ccc21)[C@@H](C(N)=O)c1cccnc1. The third-order valence-corrected chi connectivity index (χ3v) is 5.74. The molecule has 7 heteroatoms. The highest BCUT2D eigenvalue weighted by atomic mass is 35.5. The van der Waals surface area contributed by atoms with E-state index in [-0.39, 0.29) is 11.9 Å². The molecule has 0 saturated heterocycles. The van der Waals surface area contributed by atoms with Crippen molar-refractivity contribution >= 4 is 23.4 Å². The van der Waals surface area contributed by atoms with Crippen LogP contribution in [0.15, 0.2) is 61.1 Å². The fourth-order valence-corrected chi connectivity index (χ4v) is 4.34. The molecule has 1 aromatic carbocycles. The van der Waals surface area contributed by atoms with E-state index in [2.05, 4.69) is 9.97 Å². The number of carbonyl (C=O) groups excluding carboxylic acids is 2. The quantitative estimate of drug-likeness (QED) is 0.679. The van der Waals surface area contributed by atoms with Gasteiger partial charge in [0.05, 0.1) is 11.6 Å². The Hall–Kier alpha value is -3.25. The second kappa shape index (κ2) is 8.24. The molecular weight excluding hydrogens is 400 g/mol. The Morgan fingerprint density at radius 3 is 2.70 bits per heavy atom. The molecule has 2 atom stereocenters. The minimum atomic E-state index is -0.961. The topological polar surface area (TPSA) is 89.2 Å². The zero-order valence-electron chi connectivity index (χ0n) is 16.5. The van der Waals surface area contributed by atoms with Crippen LogP contribution in [0.1, 0.15) is 51.2 Å². The largest absolute Gasteiger partial charge is 0.368 e. The minimum absolute atomic E-state index is 0.291. The predicted molar refractivity (Wildman–Crippen MR) is 114 cm³/mol. The van der Waals surface area contributed by atoms with Crippen LogP contribution in [0.4, 0.5) is 0 Å². The molecule has 152 valence electrons. The Bertz CT molecular complexity index is 1100. The average molecular weight is 421 g/mol. The Balaban J connectivity index is 1.87. The van der Waals surface area contributed by atoms with Crippen LogP contribution < -0.4 is 5.73 Å². The molecule has 30 heavy (non-hydrogen) atoms. The maximum Gasteiger partial charge on any atom is 0.257 e. The van der Waals surface area contributed by atoms with Gasteiger partial charge in [-0.2, -0.15) is 0 Å². The van der Waals surface area contributed by atoms with Crippen LogP contribution in [-0.2, 0) is 11.2 Å². The first-order valence-electron chi connectivity index (χ1n) is 9.69. The Labute approximate surface area is 179 Å². The molecule has 0 saturated carbocycles. The van der Waals surface area contributed by atoms with Crippen molar-refractivity contribution in [1.29, 1.82) is 0 Å². The number of carbonyl (C=O) groups is 2. The third kappa shape index (κ3) is 3.66. The van der Waals surface area contributed by atoms with Crippen molar-refractivity contribution in [3.8, 4) is 0 Å². The van der Waals surface area contributed by atoms with Crippen LogP contribution in [0, 0.1) is 6.92 Å². The van der Waals surface area contributed by atoms with Crippen molar-refractivity contribution in [2.45, 2.75) is 31.8 Å². The number of nitrogens with zero attached hydrogens (tertiary/aromatic N) is 3. The number of halogens is 1. The zero-order valence-corrected chi connectivity index (χ0v) is 17.2. The van der Waals surface area contributed by atoms with Crippen LogP contribution in [0.2, 0.25) is 5.02 Å². The molecule has 2 aromatic heterocycles. The van der Waals surface area contributed by atoms with Gasteiger partial charge < -0.3 is 10.6 Å². The average Bonchev–Trinajstić information content (AvgIpc) is 3.14. The molecule has 2 heterocycles. The molecule has 0 spiro atoms. The summed E-state index contributed by atoms with van der Waals surface area (Å²) in [7, 11) is 0. The van der Waals surface area contributed by atoms with Crippen molar-refractivity contribution in [3.05, 3.63) is 94.0 Å². The summed E-state index contributed by atoms with van der Waals surface area (Å²) in [6.45, 7) is 1.77. The van der Waals surface area contributed by atoms with E-state index in [0.717, 1.165) is 17.5 Å². The van der Waals surface area contributed by atoms with Crippen molar-refractivity contribution < 1.29 is 9.59 Å². The molecule has 2 N–H and O–H groups in total. The van der Waals surface area contributed by atoms with Crippen LogP contribution in [0.5, 0.6) is 0 Å². The molecule has 0 unspecified atom stereocenters. The number of fused-ring (bicyclic) bond motifs is 1. The maximum atomic E-state index is 13.8. The van der Waals surface area contributed by atoms with Gasteiger partial charge in [-0.1, -0.05) is 23.7 Å². The smallest absolute Gasteiger partial charge is 0.257 e. The molecule has 0 aliphatic heterocycles. The predicted octanol–water partition coefficient (Wildman–Crippen LogP) is 3.79. The van der Waals surface area contributed by atoms with Gasteiger partial charge in [0.25, 0.3) is 5.91 Å². The molecule has 6 nitrogen and oxygen atoms in total. The van der Waals surface area contributed by atoms with E-state index in [1.54, 1.807) is 60.7 Å². The van der Waals surface area contributed by atoms with Gasteiger partial charge in [-0.15, -0.1) is 0 Å². The molecule has 1 aliphatic rings. The lowest BCUT2D eigenvalue weighted by Crippen LogP contribution is -2.43. The van der Waals surface area contributed by atoms with E-state index < -0.39 is 11.9 Å². The maximum absolute atomic E-state index is 13.8. The van der Waals surface area contributed by atoms with Gasteiger partial charge >= 0.3 is 0 Å². The van der Waals surface area contributed by atoms with Crippen LogP contribution in [0.3, 0.4) is 0 Å². The first kappa shape index (κ1) is 20.0. The first-order chi connectivity index (χ1) is 14.5. The van der Waals surface area contributed by atoms with E-state index >= 15 is 0 Å². The Kier molecular flexibility index (Phi) is 5.50. The van der Waals surface area contributed by atoms with E-state index in [1.807, 2.05) is 12.1 Å². The van der Waals surface area contributed by atoms with Crippen molar-refractivity contribution in [3.63, 3.8) is 0 Å². The first-order valence-corrected chi connectivity index (χ1v) is 10.1. The molecular formula is C23H21ClN4O2. The molecule has 3 aromatic rings. The molecule has 4 rings (SSSR count). The van der Waals surface area contributed by atoms with Gasteiger partial charge in [0.1, 0.15) is 6.04 Å². The number of aryl methyl sites for hydroxylation is 2. The summed E-state index contributed by atoms with van der Waals surface area (Å²) in [5.74, 6) is -0.902. The Morgan fingerprint density at radius 1 is 1.20 bits per heavy atom. The number of aromatic nitrogens is 2. The highest BCUT2D eigenvalue weighted by Crippen LogP contribution is 2.42. The molecule has 0 radical (unpaired) electrons. The second-order valence-electron chi connectivity index (χ2n) is 7.34. The number of nitrogens with two attached hydrogens (primary N) is 1. The Morgan fingerprint density at radius 2 is 2.00 bits per heavy atom. The highest BCUT2D eigenvalue weighted by molar-refractivity contribution is 6.30. The van der Waals surface area contributed by atoms with Crippen LogP contribution >= 0.6 is 11.6 Å². The minimum Gasteiger partial charge on any atom is -0.368 e. The van der Waals surface area contributed by atoms with Crippen LogP contribution in [0.25, 0.3) is 0 Å². The third-order valence-electron chi connectivity index (χ3n) is 5.51. The number of primary amides is 1. The van der Waals surface area contributed by atoms with Crippen molar-refractivity contribution in [2.24, 2.45) is 5.73 Å². The van der Waals surface area contributed by atoms with E-state index in [1.165, 1.54) is 0 Å². The number of benzene rings is 1. The number of pyridine rings is 2. The van der Waals surface area contributed by atoms with Gasteiger partial charge in [0.15, 0.2) is 0 Å². The van der Waals surface area contributed by atoms with Crippen molar-refractivity contribution in [1.82, 2.24) is 14.9 Å². The summed E-state index contributed by atoms with van der Waals surface area (Å²) < 4.78 is 0. The number of rotatable bonds is 5. The van der Waals surface area contributed by atoms with Gasteiger partial charge in [0, 0.05) is 34.9 Å². The molecule has 2 amide bonds. The summed E-state index contributed by atoms with van der Waals surface area (Å²) in [5, 5.41) is 0.647. The monoisotopic (exact) mass is 420 g/mol. The van der Waals surface area contributed by atoms with Crippen LogP contribution in [-0.4, -0.2) is 26.7 Å². The number of hydrogen-bond donors (Lipinski definition) is 1. The van der Waals surface area contributed by atoms with Gasteiger partial charge in [-0.3, -0.25) is 19.6 Å². The summed E-state index contributed by atoms with van der Waals surface area (Å²) in [6.07, 6.45) is 6.25. The van der Waals surface area contributed by atoms with E-state index in [4.69, 9.17) is 17.3 Å². The lowest BCUT2D eigenvalue weighted by Gasteiger charge is -2.36. The second-order valence-corrected chi connectivity index (χ2v) is 7.77. The molecule has 0 fully saturated rings. The zero-order chi connectivity index (χ0) is 21.3. The fraction of sp³-hybridized carbons (Fsp3) is 0.217. The fourth-order valence-electron chi connectivity index (χ4n) is 4.14. The van der Waals surface area contributed by atoms with Gasteiger partial charge in [-0.05, 0) is 61.2 Å². The molecule has 0 bridgehead atoms. The van der Waals surface area contributed by atoms with E-state index in [9.17, 15) is 9.59 Å². The summed E-state index contributed by atoms with van der Waals surface area (Å²) in [4.78, 5) is 36.4. The summed E-state index contributed by atoms with van der Waals surface area (Å²) >= 11 is 6.17. The summed E-state index contributed by atoms with van der Waals surface area (Å²) in [5.41, 5.74) is 9.49. The van der Waals surface area contributed by atoms with Gasteiger partial charge in [-0.25, -0.2) is 0 Å². The lowest BCUT2D eigenvalue weighted by molar-refractivity contribution is -0.123. The van der Waals surface area contributed by atoms with E-state index in [0.29, 0.717) is 28.3 Å². The summed E-state index contributed by atoms with van der Waals surface area (Å²) in [6, 6.07) is 11.3. The number of amides is 2. The number of hydrogen-bond acceptors (Lipinski definition) is 4. The lowest BCUT2D eigenvalue weighted by atomic mass is 9.98.